The first-order valence-corrected chi connectivity index (χ1v) is 5.43. The van der Waals surface area contributed by atoms with Crippen LogP contribution >= 0.6 is 0 Å². The molecule has 0 aliphatic carbocycles. The zero-order valence-corrected chi connectivity index (χ0v) is 10.3. The number of anilines is 1. The molecular formula is C12H16N2O4. The monoisotopic (exact) mass is 252 g/mol. The molecule has 0 aromatic heterocycles. The van der Waals surface area contributed by atoms with Gasteiger partial charge in [0.1, 0.15) is 11.8 Å². The predicted molar refractivity (Wildman–Crippen MR) is 66.7 cm³/mol. The lowest BCUT2D eigenvalue weighted by molar-refractivity contribution is -0.139. The molecule has 1 rings (SSSR count). The van der Waals surface area contributed by atoms with E-state index in [1.54, 1.807) is 31.4 Å². The first-order chi connectivity index (χ1) is 8.52. The van der Waals surface area contributed by atoms with Crippen molar-refractivity contribution in [3.8, 4) is 5.75 Å². The van der Waals surface area contributed by atoms with Crippen LogP contribution in [0.25, 0.3) is 0 Å². The van der Waals surface area contributed by atoms with Crippen molar-refractivity contribution in [2.45, 2.75) is 13.0 Å². The summed E-state index contributed by atoms with van der Waals surface area (Å²) in [6, 6.07) is 6.10. The third-order valence-electron chi connectivity index (χ3n) is 2.31. The Morgan fingerprint density at radius 1 is 1.33 bits per heavy atom. The topological polar surface area (TPSA) is 87.7 Å². The summed E-state index contributed by atoms with van der Waals surface area (Å²) in [5.41, 5.74) is 0.630. The van der Waals surface area contributed by atoms with Crippen molar-refractivity contribution in [1.29, 1.82) is 0 Å². The molecule has 1 aromatic rings. The second kappa shape index (κ2) is 6.61. The Kier molecular flexibility index (Phi) is 5.13. The summed E-state index contributed by atoms with van der Waals surface area (Å²) in [7, 11) is 1.56. The fourth-order valence-corrected chi connectivity index (χ4v) is 1.21. The Balaban J connectivity index is 2.42. The fraction of sp³-hybridized carbons (Fsp3) is 0.333. The Morgan fingerprint density at radius 2 is 1.94 bits per heavy atom. The van der Waals surface area contributed by atoms with Crippen molar-refractivity contribution < 1.29 is 19.4 Å². The fourth-order valence-electron chi connectivity index (χ4n) is 1.21. The van der Waals surface area contributed by atoms with Gasteiger partial charge >= 0.3 is 5.97 Å². The van der Waals surface area contributed by atoms with Gasteiger partial charge in [-0.2, -0.15) is 0 Å². The van der Waals surface area contributed by atoms with Crippen molar-refractivity contribution in [3.05, 3.63) is 24.3 Å². The van der Waals surface area contributed by atoms with Gasteiger partial charge < -0.3 is 15.2 Å². The van der Waals surface area contributed by atoms with Crippen LogP contribution < -0.4 is 15.4 Å². The summed E-state index contributed by atoms with van der Waals surface area (Å²) >= 11 is 0. The zero-order chi connectivity index (χ0) is 13.5. The van der Waals surface area contributed by atoms with Crippen molar-refractivity contribution in [2.75, 3.05) is 19.0 Å². The molecule has 0 fully saturated rings. The number of carboxylic acid groups (broad SMARTS) is 1. The smallest absolute Gasteiger partial charge is 0.320 e. The van der Waals surface area contributed by atoms with E-state index in [2.05, 4.69) is 10.6 Å². The number of methoxy groups -OCH3 is 1. The molecule has 0 bridgehead atoms. The summed E-state index contributed by atoms with van der Waals surface area (Å²) in [6.07, 6.45) is 0. The molecule has 0 heterocycles. The maximum absolute atomic E-state index is 11.5. The molecule has 6 nitrogen and oxygen atoms in total. The highest BCUT2D eigenvalue weighted by molar-refractivity contribution is 5.92. The van der Waals surface area contributed by atoms with Crippen LogP contribution in [-0.2, 0) is 9.59 Å². The molecule has 0 radical (unpaired) electrons. The van der Waals surface area contributed by atoms with E-state index in [4.69, 9.17) is 9.84 Å². The van der Waals surface area contributed by atoms with Crippen LogP contribution in [0.4, 0.5) is 5.69 Å². The highest BCUT2D eigenvalue weighted by Crippen LogP contribution is 2.14. The van der Waals surface area contributed by atoms with E-state index in [0.717, 1.165) is 0 Å². The van der Waals surface area contributed by atoms with E-state index in [0.29, 0.717) is 11.4 Å². The van der Waals surface area contributed by atoms with Gasteiger partial charge in [-0.15, -0.1) is 0 Å². The predicted octanol–water partition coefficient (Wildman–Crippen LogP) is 0.696. The van der Waals surface area contributed by atoms with E-state index in [9.17, 15) is 9.59 Å². The number of carbonyl (C=O) groups is 2. The lowest BCUT2D eigenvalue weighted by atomic mass is 10.3. The Morgan fingerprint density at radius 3 is 2.44 bits per heavy atom. The van der Waals surface area contributed by atoms with Crippen LogP contribution in [0.15, 0.2) is 24.3 Å². The van der Waals surface area contributed by atoms with Crippen LogP contribution in [-0.4, -0.2) is 36.7 Å². The lowest BCUT2D eigenvalue weighted by Gasteiger charge is -2.09. The number of hydrogen-bond donors (Lipinski definition) is 3. The Labute approximate surface area is 105 Å². The average molecular weight is 252 g/mol. The van der Waals surface area contributed by atoms with Gasteiger partial charge in [-0.25, -0.2) is 0 Å². The second-order valence-corrected chi connectivity index (χ2v) is 3.72. The van der Waals surface area contributed by atoms with Crippen molar-refractivity contribution in [3.63, 3.8) is 0 Å². The Bertz CT molecular complexity index is 417. The van der Waals surface area contributed by atoms with Gasteiger partial charge in [-0.05, 0) is 31.2 Å². The average Bonchev–Trinajstić information content (AvgIpc) is 2.36. The maximum atomic E-state index is 11.5. The first kappa shape index (κ1) is 14.0. The number of carboxylic acids is 1. The summed E-state index contributed by atoms with van der Waals surface area (Å²) in [5, 5.41) is 13.9. The normalized spacial score (nSPS) is 11.7. The number of amides is 1. The minimum absolute atomic E-state index is 0.0561. The van der Waals surface area contributed by atoms with Crippen LogP contribution in [0.5, 0.6) is 5.75 Å². The third kappa shape index (κ3) is 4.42. The van der Waals surface area contributed by atoms with Gasteiger partial charge in [-0.3, -0.25) is 14.9 Å². The van der Waals surface area contributed by atoms with Crippen molar-refractivity contribution >= 4 is 17.6 Å². The molecule has 1 aromatic carbocycles. The van der Waals surface area contributed by atoms with E-state index in [-0.39, 0.29) is 12.5 Å². The molecule has 98 valence electrons. The summed E-state index contributed by atoms with van der Waals surface area (Å²) in [4.78, 5) is 22.0. The highest BCUT2D eigenvalue weighted by atomic mass is 16.5. The Hall–Kier alpha value is -2.08. The molecular weight excluding hydrogens is 236 g/mol. The lowest BCUT2D eigenvalue weighted by Crippen LogP contribution is -2.39. The van der Waals surface area contributed by atoms with Gasteiger partial charge in [0, 0.05) is 5.69 Å². The summed E-state index contributed by atoms with van der Waals surface area (Å²) in [5.74, 6) is -0.592. The van der Waals surface area contributed by atoms with Crippen LogP contribution in [0.1, 0.15) is 6.92 Å². The van der Waals surface area contributed by atoms with Crippen molar-refractivity contribution in [1.82, 2.24) is 5.32 Å². The number of hydrogen-bond acceptors (Lipinski definition) is 4. The summed E-state index contributed by atoms with van der Waals surface area (Å²) < 4.78 is 4.99. The molecule has 0 aliphatic heterocycles. The van der Waals surface area contributed by atoms with Crippen LogP contribution in [0, 0.1) is 0 Å². The minimum atomic E-state index is -0.993. The number of nitrogens with one attached hydrogen (secondary N) is 2. The minimum Gasteiger partial charge on any atom is -0.497 e. The molecule has 0 aliphatic rings. The maximum Gasteiger partial charge on any atom is 0.320 e. The van der Waals surface area contributed by atoms with Crippen molar-refractivity contribution in [2.24, 2.45) is 0 Å². The second-order valence-electron chi connectivity index (χ2n) is 3.72. The molecule has 1 atom stereocenters. The van der Waals surface area contributed by atoms with Gasteiger partial charge in [-0.1, -0.05) is 0 Å². The molecule has 0 spiro atoms. The molecule has 6 heteroatoms. The third-order valence-corrected chi connectivity index (χ3v) is 2.31. The number of carbonyl (C=O) groups excluding carboxylic acids is 1. The summed E-state index contributed by atoms with van der Waals surface area (Å²) in [6.45, 7) is 1.42. The van der Waals surface area contributed by atoms with Crippen LogP contribution in [0.2, 0.25) is 0 Å². The number of aliphatic carboxylic acids is 1. The SMILES string of the molecule is COc1ccc(NC(=O)CN[C@@H](C)C(=O)O)cc1. The molecule has 1 amide bonds. The van der Waals surface area contributed by atoms with Gasteiger partial charge in [0.05, 0.1) is 13.7 Å². The van der Waals surface area contributed by atoms with E-state index in [1.807, 2.05) is 0 Å². The van der Waals surface area contributed by atoms with Gasteiger partial charge in [0.2, 0.25) is 5.91 Å². The van der Waals surface area contributed by atoms with Gasteiger partial charge in [0.25, 0.3) is 0 Å². The zero-order valence-electron chi connectivity index (χ0n) is 10.3. The number of ether oxygens (including phenoxy) is 1. The number of rotatable bonds is 6. The molecule has 0 saturated heterocycles. The standard InChI is InChI=1S/C12H16N2O4/c1-8(12(16)17)13-7-11(15)14-9-3-5-10(18-2)6-4-9/h3-6,8,13H,7H2,1-2H3,(H,14,15)(H,16,17)/t8-/m0/s1. The van der Waals surface area contributed by atoms with Crippen LogP contribution in [0.3, 0.4) is 0 Å². The van der Waals surface area contributed by atoms with Gasteiger partial charge in [0.15, 0.2) is 0 Å². The molecule has 3 N–H and O–H groups in total. The molecule has 0 saturated carbocycles. The quantitative estimate of drug-likeness (QED) is 0.693. The highest BCUT2D eigenvalue weighted by Gasteiger charge is 2.11. The number of benzene rings is 1. The largest absolute Gasteiger partial charge is 0.497 e. The first-order valence-electron chi connectivity index (χ1n) is 5.43. The van der Waals surface area contributed by atoms with E-state index in [1.165, 1.54) is 6.92 Å². The van der Waals surface area contributed by atoms with E-state index >= 15 is 0 Å². The van der Waals surface area contributed by atoms with E-state index < -0.39 is 12.0 Å². The molecule has 18 heavy (non-hydrogen) atoms. The molecule has 0 unspecified atom stereocenters.